The molecule has 0 saturated carbocycles. The fourth-order valence-electron chi connectivity index (χ4n) is 2.89. The number of ether oxygens (including phenoxy) is 2. The summed E-state index contributed by atoms with van der Waals surface area (Å²) in [6, 6.07) is 14.6. The lowest BCUT2D eigenvalue weighted by molar-refractivity contribution is -0.385. The van der Waals surface area contributed by atoms with Crippen LogP contribution in [0.2, 0.25) is 0 Å². The Morgan fingerprint density at radius 2 is 1.85 bits per heavy atom. The predicted octanol–water partition coefficient (Wildman–Crippen LogP) is 3.31. The van der Waals surface area contributed by atoms with Crippen molar-refractivity contribution in [3.63, 3.8) is 0 Å². The molecule has 0 spiro atoms. The van der Waals surface area contributed by atoms with E-state index in [4.69, 9.17) is 9.47 Å². The van der Waals surface area contributed by atoms with Crippen molar-refractivity contribution in [1.29, 1.82) is 0 Å². The van der Waals surface area contributed by atoms with Gasteiger partial charge in [-0.25, -0.2) is 5.43 Å². The molecule has 1 aromatic heterocycles. The maximum Gasteiger partial charge on any atom is 0.287 e. The number of thiophene rings is 1. The lowest BCUT2D eigenvalue weighted by atomic mass is 10.1. The minimum absolute atomic E-state index is 0.0383. The van der Waals surface area contributed by atoms with Crippen molar-refractivity contribution in [1.82, 2.24) is 10.7 Å². The molecule has 0 unspecified atom stereocenters. The van der Waals surface area contributed by atoms with Gasteiger partial charge in [0.2, 0.25) is 6.79 Å². The molecule has 3 aromatic rings. The minimum Gasteiger partial charge on any atom is -0.454 e. The van der Waals surface area contributed by atoms with Crippen LogP contribution in [0.1, 0.15) is 20.8 Å². The molecule has 0 radical (unpaired) electrons. The molecule has 2 heterocycles. The van der Waals surface area contributed by atoms with E-state index in [1.807, 2.05) is 11.4 Å². The number of carbonyl (C=O) groups is 2. The second kappa shape index (κ2) is 9.75. The highest BCUT2D eigenvalue weighted by molar-refractivity contribution is 7.10. The summed E-state index contributed by atoms with van der Waals surface area (Å²) in [5.41, 5.74) is 2.48. The second-order valence-corrected chi connectivity index (χ2v) is 7.59. The van der Waals surface area contributed by atoms with E-state index in [1.165, 1.54) is 29.5 Å². The Hall–Kier alpha value is -4.51. The first kappa shape index (κ1) is 21.7. The van der Waals surface area contributed by atoms with E-state index in [0.29, 0.717) is 11.3 Å². The Morgan fingerprint density at radius 1 is 1.09 bits per heavy atom. The molecule has 0 atom stereocenters. The number of hydrogen-bond acceptors (Lipinski definition) is 8. The summed E-state index contributed by atoms with van der Waals surface area (Å²) >= 11 is 1.38. The van der Waals surface area contributed by atoms with Crippen LogP contribution in [0.15, 0.2) is 70.8 Å². The number of hydrogen-bond donors (Lipinski definition) is 2. The maximum atomic E-state index is 12.8. The summed E-state index contributed by atoms with van der Waals surface area (Å²) in [5.74, 6) is -0.578. The van der Waals surface area contributed by atoms with Crippen LogP contribution in [-0.2, 0) is 4.79 Å². The number of rotatable bonds is 7. The monoisotopic (exact) mass is 464 g/mol. The van der Waals surface area contributed by atoms with Crippen molar-refractivity contribution >= 4 is 41.1 Å². The first-order valence-corrected chi connectivity index (χ1v) is 10.4. The summed E-state index contributed by atoms with van der Waals surface area (Å²) in [5, 5.41) is 19.6. The third-order valence-corrected chi connectivity index (χ3v) is 5.27. The van der Waals surface area contributed by atoms with Crippen molar-refractivity contribution in [2.75, 3.05) is 6.79 Å². The molecule has 0 saturated heterocycles. The summed E-state index contributed by atoms with van der Waals surface area (Å²) in [4.78, 5) is 36.8. The van der Waals surface area contributed by atoms with Gasteiger partial charge in [-0.1, -0.05) is 24.3 Å². The molecule has 33 heavy (non-hydrogen) atoms. The summed E-state index contributed by atoms with van der Waals surface area (Å²) < 4.78 is 10.4. The van der Waals surface area contributed by atoms with E-state index >= 15 is 0 Å². The average molecular weight is 464 g/mol. The number of fused-ring (bicyclic) bond motifs is 1. The highest BCUT2D eigenvalue weighted by Crippen LogP contribution is 2.37. The van der Waals surface area contributed by atoms with Gasteiger partial charge in [-0.2, -0.15) is 5.10 Å². The third-order valence-electron chi connectivity index (χ3n) is 4.45. The van der Waals surface area contributed by atoms with E-state index in [0.717, 1.165) is 11.1 Å². The molecule has 1 aliphatic rings. The molecule has 2 N–H and O–H groups in total. The fourth-order valence-corrected chi connectivity index (χ4v) is 3.54. The van der Waals surface area contributed by atoms with Crippen molar-refractivity contribution < 1.29 is 24.0 Å². The molecule has 166 valence electrons. The lowest BCUT2D eigenvalue weighted by Crippen LogP contribution is -2.32. The van der Waals surface area contributed by atoms with E-state index in [2.05, 4.69) is 15.8 Å². The summed E-state index contributed by atoms with van der Waals surface area (Å²) in [6.45, 7) is -0.0399. The Bertz CT molecular complexity index is 1260. The molecule has 11 heteroatoms. The van der Waals surface area contributed by atoms with E-state index in [9.17, 15) is 19.7 Å². The standard InChI is InChI=1S/C22H16N4O6S/c27-21(14-5-2-1-3-6-14)24-17(10-16-7-4-8-33-16)22(28)25-23-12-15-9-19-20(32-13-31-19)11-18(15)26(29)30/h1-12H,13H2,(H,24,27)(H,25,28)/b17-10+,23-12-. The van der Waals surface area contributed by atoms with Gasteiger partial charge in [-0.3, -0.25) is 19.7 Å². The molecule has 1 aliphatic heterocycles. The van der Waals surface area contributed by atoms with Crippen LogP contribution in [0.25, 0.3) is 6.08 Å². The SMILES string of the molecule is O=C(N/N=C\c1cc2c(cc1[N+](=O)[O-])OCO2)/C(=C\c1cccs1)NC(=O)c1ccccc1. The maximum absolute atomic E-state index is 12.8. The smallest absolute Gasteiger partial charge is 0.287 e. The number of amides is 2. The average Bonchev–Trinajstić information content (AvgIpc) is 3.50. The Kier molecular flexibility index (Phi) is 6.41. The van der Waals surface area contributed by atoms with E-state index < -0.39 is 16.7 Å². The van der Waals surface area contributed by atoms with Gasteiger partial charge in [0, 0.05) is 10.4 Å². The van der Waals surface area contributed by atoms with Crippen molar-refractivity contribution in [3.05, 3.63) is 91.8 Å². The predicted molar refractivity (Wildman–Crippen MR) is 121 cm³/mol. The zero-order chi connectivity index (χ0) is 23.2. The molecular formula is C22H16N4O6S. The molecule has 2 aromatic carbocycles. The quantitative estimate of drug-likeness (QED) is 0.239. The number of nitro benzene ring substituents is 1. The van der Waals surface area contributed by atoms with Crippen LogP contribution in [0, 0.1) is 10.1 Å². The third kappa shape index (κ3) is 5.22. The topological polar surface area (TPSA) is 132 Å². The fraction of sp³-hybridized carbons (Fsp3) is 0.0455. The Labute approximate surface area is 191 Å². The zero-order valence-corrected chi connectivity index (χ0v) is 17.7. The van der Waals surface area contributed by atoms with E-state index in [1.54, 1.807) is 36.4 Å². The van der Waals surface area contributed by atoms with Crippen LogP contribution in [0.4, 0.5) is 5.69 Å². The normalized spacial score (nSPS) is 12.5. The second-order valence-electron chi connectivity index (χ2n) is 6.61. The first-order chi connectivity index (χ1) is 16.0. The van der Waals surface area contributed by atoms with Crippen LogP contribution in [0.5, 0.6) is 11.5 Å². The van der Waals surface area contributed by atoms with Crippen LogP contribution < -0.4 is 20.2 Å². The molecule has 4 rings (SSSR count). The van der Waals surface area contributed by atoms with E-state index in [-0.39, 0.29) is 29.5 Å². The molecule has 0 aliphatic carbocycles. The Morgan fingerprint density at radius 3 is 2.55 bits per heavy atom. The van der Waals surface area contributed by atoms with Gasteiger partial charge >= 0.3 is 0 Å². The van der Waals surface area contributed by atoms with Crippen molar-refractivity contribution in [2.24, 2.45) is 5.10 Å². The summed E-state index contributed by atoms with van der Waals surface area (Å²) in [6.07, 6.45) is 2.64. The van der Waals surface area contributed by atoms with Gasteiger partial charge in [0.25, 0.3) is 17.5 Å². The molecule has 0 bridgehead atoms. The van der Waals surface area contributed by atoms with Gasteiger partial charge in [-0.05, 0) is 35.7 Å². The number of nitro groups is 1. The van der Waals surface area contributed by atoms with Gasteiger partial charge < -0.3 is 14.8 Å². The number of nitrogens with one attached hydrogen (secondary N) is 2. The van der Waals surface area contributed by atoms with Crippen molar-refractivity contribution in [2.45, 2.75) is 0 Å². The van der Waals surface area contributed by atoms with Crippen LogP contribution in [0.3, 0.4) is 0 Å². The van der Waals surface area contributed by atoms with Gasteiger partial charge in [0.1, 0.15) is 5.70 Å². The number of hydrazone groups is 1. The molecule has 0 fully saturated rings. The molecule has 10 nitrogen and oxygen atoms in total. The van der Waals surface area contributed by atoms with Crippen LogP contribution in [-0.4, -0.2) is 29.7 Å². The highest BCUT2D eigenvalue weighted by atomic mass is 32.1. The molecular weight excluding hydrogens is 448 g/mol. The minimum atomic E-state index is -0.702. The number of carbonyl (C=O) groups excluding carboxylic acids is 2. The van der Waals surface area contributed by atoms with Gasteiger partial charge in [-0.15, -0.1) is 11.3 Å². The number of nitrogens with zero attached hydrogens (tertiary/aromatic N) is 2. The van der Waals surface area contributed by atoms with Gasteiger partial charge in [0.15, 0.2) is 11.5 Å². The van der Waals surface area contributed by atoms with Gasteiger partial charge in [0.05, 0.1) is 22.8 Å². The number of benzene rings is 2. The zero-order valence-electron chi connectivity index (χ0n) is 16.9. The molecule has 2 amide bonds. The summed E-state index contributed by atoms with van der Waals surface area (Å²) in [7, 11) is 0. The van der Waals surface area contributed by atoms with Crippen molar-refractivity contribution in [3.8, 4) is 11.5 Å². The Balaban J connectivity index is 1.53. The largest absolute Gasteiger partial charge is 0.454 e. The highest BCUT2D eigenvalue weighted by Gasteiger charge is 2.22. The lowest BCUT2D eigenvalue weighted by Gasteiger charge is -2.08. The van der Waals surface area contributed by atoms with Crippen LogP contribution >= 0.6 is 11.3 Å². The first-order valence-electron chi connectivity index (χ1n) is 9.54.